The minimum absolute atomic E-state index is 0.0373. The van der Waals surface area contributed by atoms with Crippen LogP contribution in [0.15, 0.2) is 29.2 Å². The standard InChI is InChI=1S/C16H26N2O4S/c1-4-5-6-12-18(14(2)19)13-11-17-23(20,21)16-9-7-15(22-3)8-10-16/h7-10,17H,4-6,11-13H2,1-3H3. The molecule has 23 heavy (non-hydrogen) atoms. The van der Waals surface area contributed by atoms with E-state index in [1.165, 1.54) is 26.2 Å². The number of sulfonamides is 1. The van der Waals surface area contributed by atoms with E-state index >= 15 is 0 Å². The fraction of sp³-hybridized carbons (Fsp3) is 0.562. The fourth-order valence-corrected chi connectivity index (χ4v) is 3.15. The molecule has 0 saturated heterocycles. The van der Waals surface area contributed by atoms with Gasteiger partial charge in [-0.3, -0.25) is 4.79 Å². The summed E-state index contributed by atoms with van der Waals surface area (Å²) in [6.45, 7) is 4.83. The van der Waals surface area contributed by atoms with Gasteiger partial charge < -0.3 is 9.64 Å². The van der Waals surface area contributed by atoms with Gasteiger partial charge in [-0.1, -0.05) is 19.8 Å². The van der Waals surface area contributed by atoms with Gasteiger partial charge in [0.25, 0.3) is 0 Å². The minimum Gasteiger partial charge on any atom is -0.497 e. The quantitative estimate of drug-likeness (QED) is 0.660. The topological polar surface area (TPSA) is 75.7 Å². The predicted molar refractivity (Wildman–Crippen MR) is 90.0 cm³/mol. The second-order valence-corrected chi connectivity index (χ2v) is 7.05. The SMILES string of the molecule is CCCCCN(CCNS(=O)(=O)c1ccc(OC)cc1)C(C)=O. The predicted octanol–water partition coefficient (Wildman–Crippen LogP) is 2.01. The maximum absolute atomic E-state index is 12.2. The van der Waals surface area contributed by atoms with Crippen molar-refractivity contribution in [3.05, 3.63) is 24.3 Å². The van der Waals surface area contributed by atoms with Crippen LogP contribution in [0, 0.1) is 0 Å². The summed E-state index contributed by atoms with van der Waals surface area (Å²) < 4.78 is 31.9. The molecular formula is C16H26N2O4S. The van der Waals surface area contributed by atoms with E-state index in [2.05, 4.69) is 11.6 Å². The average Bonchev–Trinajstić information content (AvgIpc) is 2.53. The molecule has 0 saturated carbocycles. The minimum atomic E-state index is -3.58. The first kappa shape index (κ1) is 19.4. The van der Waals surface area contributed by atoms with Crippen molar-refractivity contribution < 1.29 is 17.9 Å². The monoisotopic (exact) mass is 342 g/mol. The first-order valence-corrected chi connectivity index (χ1v) is 9.28. The van der Waals surface area contributed by atoms with E-state index in [1.54, 1.807) is 17.0 Å². The molecule has 0 aliphatic carbocycles. The van der Waals surface area contributed by atoms with Crippen LogP contribution < -0.4 is 9.46 Å². The van der Waals surface area contributed by atoms with Crippen LogP contribution in [-0.2, 0) is 14.8 Å². The smallest absolute Gasteiger partial charge is 0.240 e. The molecule has 1 aromatic rings. The molecule has 1 amide bonds. The van der Waals surface area contributed by atoms with Crippen LogP contribution in [0.25, 0.3) is 0 Å². The van der Waals surface area contributed by atoms with Crippen molar-refractivity contribution in [3.8, 4) is 5.75 Å². The van der Waals surface area contributed by atoms with Crippen LogP contribution in [0.3, 0.4) is 0 Å². The van der Waals surface area contributed by atoms with Crippen molar-refractivity contribution >= 4 is 15.9 Å². The van der Waals surface area contributed by atoms with Gasteiger partial charge in [0.1, 0.15) is 5.75 Å². The van der Waals surface area contributed by atoms with Crippen molar-refractivity contribution in [1.82, 2.24) is 9.62 Å². The van der Waals surface area contributed by atoms with Crippen LogP contribution in [-0.4, -0.2) is 46.0 Å². The molecule has 7 heteroatoms. The molecule has 130 valence electrons. The van der Waals surface area contributed by atoms with Crippen molar-refractivity contribution in [3.63, 3.8) is 0 Å². The zero-order valence-electron chi connectivity index (χ0n) is 14.0. The summed E-state index contributed by atoms with van der Waals surface area (Å²) in [5.41, 5.74) is 0. The summed E-state index contributed by atoms with van der Waals surface area (Å²) in [4.78, 5) is 13.4. The Morgan fingerprint density at radius 1 is 1.17 bits per heavy atom. The third-order valence-corrected chi connectivity index (χ3v) is 5.00. The van der Waals surface area contributed by atoms with Gasteiger partial charge in [-0.05, 0) is 30.7 Å². The van der Waals surface area contributed by atoms with Crippen LogP contribution >= 0.6 is 0 Å². The molecule has 1 N–H and O–H groups in total. The summed E-state index contributed by atoms with van der Waals surface area (Å²) in [6, 6.07) is 6.18. The zero-order valence-corrected chi connectivity index (χ0v) is 14.9. The van der Waals surface area contributed by atoms with Gasteiger partial charge in [0.2, 0.25) is 15.9 Å². The first-order valence-electron chi connectivity index (χ1n) is 7.80. The van der Waals surface area contributed by atoms with E-state index < -0.39 is 10.0 Å². The highest BCUT2D eigenvalue weighted by Crippen LogP contribution is 2.15. The number of hydrogen-bond acceptors (Lipinski definition) is 4. The number of carbonyl (C=O) groups excluding carboxylic acids is 1. The lowest BCUT2D eigenvalue weighted by atomic mass is 10.2. The zero-order chi connectivity index (χ0) is 17.3. The molecule has 1 aromatic carbocycles. The number of amides is 1. The van der Waals surface area contributed by atoms with Gasteiger partial charge >= 0.3 is 0 Å². The van der Waals surface area contributed by atoms with Gasteiger partial charge in [-0.25, -0.2) is 13.1 Å². The van der Waals surface area contributed by atoms with E-state index in [4.69, 9.17) is 4.74 Å². The Hall–Kier alpha value is -1.60. The number of unbranched alkanes of at least 4 members (excludes halogenated alkanes) is 2. The number of nitrogens with zero attached hydrogens (tertiary/aromatic N) is 1. The molecule has 0 aliphatic rings. The second-order valence-electron chi connectivity index (χ2n) is 5.29. The maximum atomic E-state index is 12.2. The largest absolute Gasteiger partial charge is 0.497 e. The molecule has 6 nitrogen and oxygen atoms in total. The van der Waals surface area contributed by atoms with E-state index in [0.717, 1.165) is 19.3 Å². The highest BCUT2D eigenvalue weighted by atomic mass is 32.2. The normalized spacial score (nSPS) is 11.3. The third kappa shape index (κ3) is 6.58. The molecule has 0 aromatic heterocycles. The Labute approximate surface area is 138 Å². The summed E-state index contributed by atoms with van der Waals surface area (Å²) in [5, 5.41) is 0. The second kappa shape index (κ2) is 9.52. The van der Waals surface area contributed by atoms with Gasteiger partial charge in [0.05, 0.1) is 12.0 Å². The number of rotatable bonds is 10. The van der Waals surface area contributed by atoms with Crippen LogP contribution in [0.2, 0.25) is 0 Å². The van der Waals surface area contributed by atoms with Gasteiger partial charge in [0.15, 0.2) is 0 Å². The third-order valence-electron chi connectivity index (χ3n) is 3.52. The lowest BCUT2D eigenvalue weighted by Gasteiger charge is -2.21. The van der Waals surface area contributed by atoms with Crippen molar-refractivity contribution in [2.75, 3.05) is 26.7 Å². The fourth-order valence-electron chi connectivity index (χ4n) is 2.13. The van der Waals surface area contributed by atoms with E-state index in [0.29, 0.717) is 18.8 Å². The van der Waals surface area contributed by atoms with Crippen molar-refractivity contribution in [2.45, 2.75) is 38.0 Å². The molecule has 0 radical (unpaired) electrons. The molecule has 1 rings (SSSR count). The molecule has 0 atom stereocenters. The molecular weight excluding hydrogens is 316 g/mol. The van der Waals surface area contributed by atoms with Gasteiger partial charge in [0, 0.05) is 26.6 Å². The molecule has 0 heterocycles. The number of nitrogens with one attached hydrogen (secondary N) is 1. The Balaban J connectivity index is 2.55. The highest BCUT2D eigenvalue weighted by molar-refractivity contribution is 7.89. The lowest BCUT2D eigenvalue weighted by molar-refractivity contribution is -0.128. The van der Waals surface area contributed by atoms with Crippen LogP contribution in [0.5, 0.6) is 5.75 Å². The summed E-state index contributed by atoms with van der Waals surface area (Å²) in [5.74, 6) is 0.562. The Kier molecular flexibility index (Phi) is 8.05. The van der Waals surface area contributed by atoms with Crippen LogP contribution in [0.1, 0.15) is 33.1 Å². The number of hydrogen-bond donors (Lipinski definition) is 1. The molecule has 0 aliphatic heterocycles. The van der Waals surface area contributed by atoms with E-state index in [9.17, 15) is 13.2 Å². The number of carbonyl (C=O) groups is 1. The molecule has 0 spiro atoms. The first-order chi connectivity index (χ1) is 10.9. The van der Waals surface area contributed by atoms with Crippen molar-refractivity contribution in [1.29, 1.82) is 0 Å². The maximum Gasteiger partial charge on any atom is 0.240 e. The number of benzene rings is 1. The van der Waals surface area contributed by atoms with Crippen molar-refractivity contribution in [2.24, 2.45) is 0 Å². The summed E-state index contributed by atoms with van der Waals surface area (Å²) in [6.07, 6.45) is 3.07. The summed E-state index contributed by atoms with van der Waals surface area (Å²) in [7, 11) is -2.05. The number of methoxy groups -OCH3 is 1. The van der Waals surface area contributed by atoms with Gasteiger partial charge in [-0.15, -0.1) is 0 Å². The Morgan fingerprint density at radius 3 is 2.35 bits per heavy atom. The lowest BCUT2D eigenvalue weighted by Crippen LogP contribution is -2.38. The molecule has 0 fully saturated rings. The Morgan fingerprint density at radius 2 is 1.83 bits per heavy atom. The van der Waals surface area contributed by atoms with E-state index in [-0.39, 0.29) is 17.3 Å². The van der Waals surface area contributed by atoms with Gasteiger partial charge in [-0.2, -0.15) is 0 Å². The summed E-state index contributed by atoms with van der Waals surface area (Å²) >= 11 is 0. The number of ether oxygens (including phenoxy) is 1. The average molecular weight is 342 g/mol. The van der Waals surface area contributed by atoms with E-state index in [1.807, 2.05) is 0 Å². The molecule has 0 unspecified atom stereocenters. The highest BCUT2D eigenvalue weighted by Gasteiger charge is 2.15. The molecule has 0 bridgehead atoms. The Bertz CT molecular complexity index is 585. The van der Waals surface area contributed by atoms with Crippen LogP contribution in [0.4, 0.5) is 0 Å².